The quantitative estimate of drug-likeness (QED) is 0.823. The topological polar surface area (TPSA) is 94.3 Å². The van der Waals surface area contributed by atoms with Gasteiger partial charge in [0, 0.05) is 5.38 Å². The molecule has 0 amide bonds. The van der Waals surface area contributed by atoms with E-state index in [2.05, 4.69) is 9.71 Å². The molecular weight excluding hydrogens is 310 g/mol. The molecule has 0 aliphatic carbocycles. The van der Waals surface area contributed by atoms with E-state index in [1.165, 1.54) is 36.6 Å². The lowest BCUT2D eigenvalue weighted by Gasteiger charge is -2.08. The zero-order valence-corrected chi connectivity index (χ0v) is 13.6. The standard InChI is InChI=1S/C13H17N3O3S2/c1-8(2)11-7-20-13(15-11)16-21(17,18)9-4-5-12(19-3)10(14)6-9/h4-8H,14H2,1-3H3,(H,15,16). The predicted molar refractivity (Wildman–Crippen MR) is 84.4 cm³/mol. The third-order valence-corrected chi connectivity index (χ3v) is 5.09. The van der Waals surface area contributed by atoms with Crippen molar-refractivity contribution in [3.8, 4) is 5.75 Å². The van der Waals surface area contributed by atoms with E-state index in [-0.39, 0.29) is 16.5 Å². The molecule has 21 heavy (non-hydrogen) atoms. The van der Waals surface area contributed by atoms with Crippen molar-refractivity contribution < 1.29 is 13.2 Å². The molecule has 114 valence electrons. The van der Waals surface area contributed by atoms with Gasteiger partial charge < -0.3 is 10.5 Å². The van der Waals surface area contributed by atoms with E-state index in [1.807, 2.05) is 19.2 Å². The van der Waals surface area contributed by atoms with Gasteiger partial charge in [0.15, 0.2) is 5.13 Å². The minimum absolute atomic E-state index is 0.0714. The molecule has 8 heteroatoms. The number of nitrogens with zero attached hydrogens (tertiary/aromatic N) is 1. The highest BCUT2D eigenvalue weighted by Crippen LogP contribution is 2.27. The third kappa shape index (κ3) is 3.45. The molecule has 1 aromatic carbocycles. The highest BCUT2D eigenvalue weighted by atomic mass is 32.2. The molecule has 0 aliphatic rings. The van der Waals surface area contributed by atoms with Crippen LogP contribution in [0.1, 0.15) is 25.5 Å². The number of rotatable bonds is 5. The van der Waals surface area contributed by atoms with E-state index in [9.17, 15) is 8.42 Å². The normalized spacial score (nSPS) is 11.6. The maximum Gasteiger partial charge on any atom is 0.263 e. The Hall–Kier alpha value is -1.80. The van der Waals surface area contributed by atoms with Crippen LogP contribution in [0.5, 0.6) is 5.75 Å². The summed E-state index contributed by atoms with van der Waals surface area (Å²) in [4.78, 5) is 4.32. The molecule has 3 N–H and O–H groups in total. The molecule has 0 bridgehead atoms. The van der Waals surface area contributed by atoms with Crippen molar-refractivity contribution in [1.29, 1.82) is 0 Å². The van der Waals surface area contributed by atoms with Crippen LogP contribution in [-0.4, -0.2) is 20.5 Å². The fourth-order valence-corrected chi connectivity index (χ4v) is 3.81. The van der Waals surface area contributed by atoms with Crippen molar-refractivity contribution in [2.45, 2.75) is 24.7 Å². The van der Waals surface area contributed by atoms with Gasteiger partial charge in [-0.15, -0.1) is 11.3 Å². The molecule has 0 aliphatic heterocycles. The average Bonchev–Trinajstić information content (AvgIpc) is 2.86. The van der Waals surface area contributed by atoms with Gasteiger partial charge in [0.1, 0.15) is 5.75 Å². The van der Waals surface area contributed by atoms with E-state index < -0.39 is 10.0 Å². The van der Waals surface area contributed by atoms with Crippen molar-refractivity contribution in [2.75, 3.05) is 17.6 Å². The minimum Gasteiger partial charge on any atom is -0.495 e. The summed E-state index contributed by atoms with van der Waals surface area (Å²) < 4.78 is 32.1. The van der Waals surface area contributed by atoms with Crippen LogP contribution in [-0.2, 0) is 10.0 Å². The first kappa shape index (κ1) is 15.6. The number of nitrogens with two attached hydrogens (primary N) is 1. The number of ether oxygens (including phenoxy) is 1. The van der Waals surface area contributed by atoms with Crippen LogP contribution in [0, 0.1) is 0 Å². The lowest BCUT2D eigenvalue weighted by Crippen LogP contribution is -2.13. The summed E-state index contributed by atoms with van der Waals surface area (Å²) in [6.07, 6.45) is 0. The molecule has 6 nitrogen and oxygen atoms in total. The Labute approximate surface area is 128 Å². The number of aromatic nitrogens is 1. The van der Waals surface area contributed by atoms with E-state index in [0.29, 0.717) is 10.9 Å². The summed E-state index contributed by atoms with van der Waals surface area (Å²) in [6, 6.07) is 4.32. The van der Waals surface area contributed by atoms with Crippen molar-refractivity contribution >= 4 is 32.2 Å². The largest absolute Gasteiger partial charge is 0.495 e. The highest BCUT2D eigenvalue weighted by molar-refractivity contribution is 7.93. The van der Waals surface area contributed by atoms with Crippen molar-refractivity contribution in [3.63, 3.8) is 0 Å². The summed E-state index contributed by atoms with van der Waals surface area (Å²) in [7, 11) is -2.24. The number of methoxy groups -OCH3 is 1. The number of thiazole rings is 1. The molecule has 0 saturated carbocycles. The van der Waals surface area contributed by atoms with Crippen LogP contribution in [0.3, 0.4) is 0 Å². The summed E-state index contributed by atoms with van der Waals surface area (Å²) in [6.45, 7) is 4.00. The Bertz CT molecular complexity index is 739. The monoisotopic (exact) mass is 327 g/mol. The van der Waals surface area contributed by atoms with Crippen LogP contribution < -0.4 is 15.2 Å². The third-order valence-electron chi connectivity index (χ3n) is 2.85. The Kier molecular flexibility index (Phi) is 4.38. The molecule has 0 fully saturated rings. The van der Waals surface area contributed by atoms with Crippen molar-refractivity contribution in [1.82, 2.24) is 4.98 Å². The maximum atomic E-state index is 12.3. The van der Waals surface area contributed by atoms with Crippen LogP contribution in [0.25, 0.3) is 0 Å². The summed E-state index contributed by atoms with van der Waals surface area (Å²) in [5, 5.41) is 2.18. The molecule has 0 saturated heterocycles. The second-order valence-corrected chi connectivity index (χ2v) is 7.28. The van der Waals surface area contributed by atoms with E-state index >= 15 is 0 Å². The molecule has 0 radical (unpaired) electrons. The zero-order valence-electron chi connectivity index (χ0n) is 12.0. The van der Waals surface area contributed by atoms with Gasteiger partial charge in [-0.25, -0.2) is 13.4 Å². The first-order valence-electron chi connectivity index (χ1n) is 6.25. The lowest BCUT2D eigenvalue weighted by atomic mass is 10.2. The molecule has 0 spiro atoms. The highest BCUT2D eigenvalue weighted by Gasteiger charge is 2.18. The van der Waals surface area contributed by atoms with Crippen LogP contribution in [0.2, 0.25) is 0 Å². The lowest BCUT2D eigenvalue weighted by molar-refractivity contribution is 0.416. The first-order valence-corrected chi connectivity index (χ1v) is 8.61. The van der Waals surface area contributed by atoms with Gasteiger partial charge in [-0.1, -0.05) is 13.8 Å². The Morgan fingerprint density at radius 1 is 1.38 bits per heavy atom. The first-order chi connectivity index (χ1) is 9.83. The van der Waals surface area contributed by atoms with Gasteiger partial charge >= 0.3 is 0 Å². The van der Waals surface area contributed by atoms with E-state index in [0.717, 1.165) is 5.69 Å². The van der Waals surface area contributed by atoms with Gasteiger partial charge in [0.05, 0.1) is 23.4 Å². The van der Waals surface area contributed by atoms with Gasteiger partial charge in [0.25, 0.3) is 10.0 Å². The fourth-order valence-electron chi connectivity index (χ4n) is 1.65. The molecule has 1 aromatic heterocycles. The summed E-state index contributed by atoms with van der Waals surface area (Å²) in [5.41, 5.74) is 6.86. The number of nitrogens with one attached hydrogen (secondary N) is 1. The second-order valence-electron chi connectivity index (χ2n) is 4.74. The van der Waals surface area contributed by atoms with Crippen LogP contribution in [0.15, 0.2) is 28.5 Å². The number of sulfonamides is 1. The van der Waals surface area contributed by atoms with Crippen LogP contribution in [0.4, 0.5) is 10.8 Å². The number of nitrogen functional groups attached to an aromatic ring is 1. The summed E-state index contributed by atoms with van der Waals surface area (Å²) >= 11 is 1.25. The predicted octanol–water partition coefficient (Wildman–Crippen LogP) is 2.66. The number of benzene rings is 1. The molecule has 2 aromatic rings. The number of anilines is 2. The smallest absolute Gasteiger partial charge is 0.263 e. The Morgan fingerprint density at radius 3 is 2.62 bits per heavy atom. The van der Waals surface area contributed by atoms with Gasteiger partial charge in [-0.3, -0.25) is 4.72 Å². The van der Waals surface area contributed by atoms with Crippen molar-refractivity contribution in [3.05, 3.63) is 29.3 Å². The van der Waals surface area contributed by atoms with Gasteiger partial charge in [0.2, 0.25) is 0 Å². The van der Waals surface area contributed by atoms with Gasteiger partial charge in [-0.05, 0) is 24.1 Å². The zero-order chi connectivity index (χ0) is 15.6. The second kappa shape index (κ2) is 5.90. The van der Waals surface area contributed by atoms with Crippen molar-refractivity contribution in [2.24, 2.45) is 0 Å². The van der Waals surface area contributed by atoms with E-state index in [1.54, 1.807) is 0 Å². The minimum atomic E-state index is -3.71. The molecular formula is C13H17N3O3S2. The molecule has 0 atom stereocenters. The van der Waals surface area contributed by atoms with Crippen LogP contribution >= 0.6 is 11.3 Å². The van der Waals surface area contributed by atoms with Gasteiger partial charge in [-0.2, -0.15) is 0 Å². The fraction of sp³-hybridized carbons (Fsp3) is 0.308. The number of hydrogen-bond acceptors (Lipinski definition) is 6. The maximum absolute atomic E-state index is 12.3. The SMILES string of the molecule is COc1ccc(S(=O)(=O)Nc2nc(C(C)C)cs2)cc1N. The number of hydrogen-bond donors (Lipinski definition) is 2. The summed E-state index contributed by atoms with van der Waals surface area (Å²) in [5.74, 6) is 0.682. The molecule has 1 heterocycles. The molecule has 0 unspecified atom stereocenters. The Morgan fingerprint density at radius 2 is 2.10 bits per heavy atom. The molecule has 2 rings (SSSR count). The average molecular weight is 327 g/mol. The van der Waals surface area contributed by atoms with E-state index in [4.69, 9.17) is 10.5 Å². The Balaban J connectivity index is 2.27.